The molecule has 6 nitrogen and oxygen atoms in total. The Morgan fingerprint density at radius 3 is 2.90 bits per heavy atom. The smallest absolute Gasteiger partial charge is 0.319 e. The molecule has 1 unspecified atom stereocenters. The molecule has 114 valence electrons. The number of benzene rings is 1. The average molecular weight is 291 g/mol. The van der Waals surface area contributed by atoms with Crippen molar-refractivity contribution < 1.29 is 14.3 Å². The Hall–Kier alpha value is -2.08. The molecular formula is C15H21N3O3. The maximum absolute atomic E-state index is 11.8. The Morgan fingerprint density at radius 2 is 2.19 bits per heavy atom. The molecule has 0 aliphatic carbocycles. The number of hydrogen-bond acceptors (Lipinski definition) is 4. The van der Waals surface area contributed by atoms with Crippen molar-refractivity contribution in [1.82, 2.24) is 10.3 Å². The van der Waals surface area contributed by atoms with E-state index in [1.165, 1.54) is 0 Å². The largest absolute Gasteiger partial charge is 0.441 e. The number of fused-ring (bicyclic) bond motifs is 1. The zero-order valence-corrected chi connectivity index (χ0v) is 12.5. The maximum Gasteiger partial charge on any atom is 0.319 e. The highest BCUT2D eigenvalue weighted by Crippen LogP contribution is 2.19. The molecule has 0 saturated carbocycles. The third kappa shape index (κ3) is 4.19. The summed E-state index contributed by atoms with van der Waals surface area (Å²) in [5.41, 5.74) is 2.05. The molecule has 3 N–H and O–H groups in total. The molecule has 0 fully saturated rings. The minimum atomic E-state index is -0.403. The number of oxazole rings is 1. The lowest BCUT2D eigenvalue weighted by Gasteiger charge is -2.14. The summed E-state index contributed by atoms with van der Waals surface area (Å²) >= 11 is 0. The van der Waals surface area contributed by atoms with Crippen molar-refractivity contribution >= 4 is 22.8 Å². The number of amides is 2. The van der Waals surface area contributed by atoms with E-state index in [1.54, 1.807) is 25.1 Å². The van der Waals surface area contributed by atoms with Crippen molar-refractivity contribution in [3.05, 3.63) is 24.1 Å². The third-order valence-corrected chi connectivity index (χ3v) is 3.25. The number of hydrogen-bond donors (Lipinski definition) is 3. The fraction of sp³-hybridized carbons (Fsp3) is 0.467. The average Bonchev–Trinajstić information content (AvgIpc) is 2.77. The van der Waals surface area contributed by atoms with Gasteiger partial charge in [-0.2, -0.15) is 0 Å². The number of aliphatic hydroxyl groups excluding tert-OH is 1. The first-order valence-corrected chi connectivity index (χ1v) is 7.06. The van der Waals surface area contributed by atoms with Crippen molar-refractivity contribution in [2.24, 2.45) is 5.92 Å². The first kappa shape index (κ1) is 15.3. The van der Waals surface area contributed by atoms with Gasteiger partial charge in [0.1, 0.15) is 5.52 Å². The van der Waals surface area contributed by atoms with Crippen molar-refractivity contribution in [3.8, 4) is 0 Å². The molecule has 1 atom stereocenters. The second-order valence-corrected chi connectivity index (χ2v) is 5.40. The molecule has 1 heterocycles. The van der Waals surface area contributed by atoms with Crippen LogP contribution < -0.4 is 10.6 Å². The number of aromatic nitrogens is 1. The minimum absolute atomic E-state index is 0.188. The number of rotatable bonds is 5. The van der Waals surface area contributed by atoms with Gasteiger partial charge < -0.3 is 20.2 Å². The van der Waals surface area contributed by atoms with E-state index in [-0.39, 0.29) is 11.9 Å². The zero-order valence-electron chi connectivity index (χ0n) is 12.5. The van der Waals surface area contributed by atoms with Crippen molar-refractivity contribution in [2.75, 3.05) is 11.9 Å². The zero-order chi connectivity index (χ0) is 15.4. The van der Waals surface area contributed by atoms with Crippen LogP contribution in [0.1, 0.15) is 26.2 Å². The van der Waals surface area contributed by atoms with E-state index in [9.17, 15) is 9.90 Å². The minimum Gasteiger partial charge on any atom is -0.441 e. The lowest BCUT2D eigenvalue weighted by Crippen LogP contribution is -2.32. The Labute approximate surface area is 123 Å². The van der Waals surface area contributed by atoms with Crippen LogP contribution in [0.25, 0.3) is 11.1 Å². The highest BCUT2D eigenvalue weighted by Gasteiger charge is 2.10. The van der Waals surface area contributed by atoms with Crippen LogP contribution in [-0.4, -0.2) is 28.8 Å². The maximum atomic E-state index is 11.8. The number of nitrogens with one attached hydrogen (secondary N) is 2. The first-order valence-electron chi connectivity index (χ1n) is 7.06. The molecule has 2 amide bonds. The number of aliphatic hydroxyl groups is 1. The van der Waals surface area contributed by atoms with E-state index in [0.717, 1.165) is 0 Å². The number of nitrogens with zero attached hydrogens (tertiary/aromatic N) is 1. The quantitative estimate of drug-likeness (QED) is 0.790. The molecule has 0 aliphatic heterocycles. The number of anilines is 1. The van der Waals surface area contributed by atoms with Gasteiger partial charge >= 0.3 is 6.03 Å². The van der Waals surface area contributed by atoms with E-state index < -0.39 is 6.10 Å². The van der Waals surface area contributed by atoms with Gasteiger partial charge in [0.15, 0.2) is 11.5 Å². The summed E-state index contributed by atoms with van der Waals surface area (Å²) < 4.78 is 5.37. The molecule has 1 aromatic carbocycles. The standard InChI is InChI=1S/C15H21N3O3/c1-9(2)13(19)6-7-16-15(20)18-11-4-5-14-12(8-11)17-10(3)21-14/h4-5,8-9,13,19H,6-7H2,1-3H3,(H2,16,18,20). The van der Waals surface area contributed by atoms with Crippen LogP contribution in [0, 0.1) is 12.8 Å². The van der Waals surface area contributed by atoms with Crippen LogP contribution in [0.3, 0.4) is 0 Å². The molecule has 2 aromatic rings. The fourth-order valence-corrected chi connectivity index (χ4v) is 1.96. The Balaban J connectivity index is 1.86. The molecule has 0 bridgehead atoms. The number of carbonyl (C=O) groups is 1. The first-order chi connectivity index (χ1) is 9.95. The van der Waals surface area contributed by atoms with E-state index >= 15 is 0 Å². The van der Waals surface area contributed by atoms with Crippen molar-refractivity contribution in [1.29, 1.82) is 0 Å². The van der Waals surface area contributed by atoms with E-state index in [4.69, 9.17) is 4.42 Å². The summed E-state index contributed by atoms with van der Waals surface area (Å²) in [4.78, 5) is 16.0. The Morgan fingerprint density at radius 1 is 1.43 bits per heavy atom. The van der Waals surface area contributed by atoms with Gasteiger partial charge in [-0.25, -0.2) is 9.78 Å². The summed E-state index contributed by atoms with van der Waals surface area (Å²) in [5, 5.41) is 15.1. The molecule has 1 aromatic heterocycles. The van der Waals surface area contributed by atoms with E-state index in [1.807, 2.05) is 13.8 Å². The lowest BCUT2D eigenvalue weighted by molar-refractivity contribution is 0.117. The number of urea groups is 1. The number of carbonyl (C=O) groups excluding carboxylic acids is 1. The van der Waals surface area contributed by atoms with Crippen LogP contribution in [0.2, 0.25) is 0 Å². The van der Waals surface area contributed by atoms with Crippen molar-refractivity contribution in [3.63, 3.8) is 0 Å². The highest BCUT2D eigenvalue weighted by atomic mass is 16.3. The second kappa shape index (κ2) is 6.58. The predicted octanol–water partition coefficient (Wildman–Crippen LogP) is 2.66. The third-order valence-electron chi connectivity index (χ3n) is 3.25. The van der Waals surface area contributed by atoms with Gasteiger partial charge in [-0.15, -0.1) is 0 Å². The van der Waals surface area contributed by atoms with Crippen LogP contribution in [0.15, 0.2) is 22.6 Å². The van der Waals surface area contributed by atoms with Crippen LogP contribution in [0.4, 0.5) is 10.5 Å². The van der Waals surface area contributed by atoms with Crippen LogP contribution >= 0.6 is 0 Å². The summed E-state index contributed by atoms with van der Waals surface area (Å²) in [6, 6.07) is 4.99. The van der Waals surface area contributed by atoms with Gasteiger partial charge in [0.2, 0.25) is 0 Å². The number of aryl methyl sites for hydroxylation is 1. The molecule has 0 spiro atoms. The van der Waals surface area contributed by atoms with Gasteiger partial charge in [0, 0.05) is 19.2 Å². The van der Waals surface area contributed by atoms with Crippen molar-refractivity contribution in [2.45, 2.75) is 33.3 Å². The second-order valence-electron chi connectivity index (χ2n) is 5.40. The van der Waals surface area contributed by atoms with E-state index in [2.05, 4.69) is 15.6 Å². The van der Waals surface area contributed by atoms with Crippen LogP contribution in [0.5, 0.6) is 0 Å². The summed E-state index contributed by atoms with van der Waals surface area (Å²) in [6.07, 6.45) is 0.131. The summed E-state index contributed by atoms with van der Waals surface area (Å²) in [7, 11) is 0. The Kier molecular flexibility index (Phi) is 4.80. The molecule has 0 radical (unpaired) electrons. The van der Waals surface area contributed by atoms with Crippen LogP contribution in [-0.2, 0) is 0 Å². The summed E-state index contributed by atoms with van der Waals surface area (Å²) in [6.45, 7) is 6.09. The van der Waals surface area contributed by atoms with Gasteiger partial charge in [0.05, 0.1) is 6.10 Å². The fourth-order valence-electron chi connectivity index (χ4n) is 1.96. The predicted molar refractivity (Wildman–Crippen MR) is 81.2 cm³/mol. The lowest BCUT2D eigenvalue weighted by atomic mass is 10.0. The van der Waals surface area contributed by atoms with Gasteiger partial charge in [0.25, 0.3) is 0 Å². The Bertz CT molecular complexity index is 622. The molecule has 6 heteroatoms. The molecule has 0 aliphatic rings. The highest BCUT2D eigenvalue weighted by molar-refractivity contribution is 5.91. The molecule has 0 saturated heterocycles. The van der Waals surface area contributed by atoms with E-state index in [0.29, 0.717) is 35.6 Å². The molecule has 21 heavy (non-hydrogen) atoms. The van der Waals surface area contributed by atoms with Gasteiger partial charge in [-0.1, -0.05) is 13.8 Å². The summed E-state index contributed by atoms with van der Waals surface area (Å²) in [5.74, 6) is 0.780. The monoisotopic (exact) mass is 291 g/mol. The SMILES string of the molecule is Cc1nc2cc(NC(=O)NCCC(O)C(C)C)ccc2o1. The molecule has 2 rings (SSSR count). The molecular weight excluding hydrogens is 270 g/mol. The van der Waals surface area contributed by atoms with Gasteiger partial charge in [-0.05, 0) is 30.5 Å². The normalized spacial score (nSPS) is 12.6. The topological polar surface area (TPSA) is 87.4 Å². The van der Waals surface area contributed by atoms with Gasteiger partial charge in [-0.3, -0.25) is 0 Å².